The molecule has 38 heavy (non-hydrogen) atoms. The maximum absolute atomic E-state index is 13.8. The van der Waals surface area contributed by atoms with Gasteiger partial charge in [-0.25, -0.2) is 13.2 Å². The van der Waals surface area contributed by atoms with Crippen molar-refractivity contribution in [3.8, 4) is 0 Å². The third-order valence-electron chi connectivity index (χ3n) is 7.20. The molecule has 1 fully saturated rings. The number of aryl methyl sites for hydroxylation is 1. The Bertz CT molecular complexity index is 1560. The highest BCUT2D eigenvalue weighted by molar-refractivity contribution is 7.89. The second kappa shape index (κ2) is 9.90. The van der Waals surface area contributed by atoms with Crippen LogP contribution >= 0.6 is 0 Å². The number of fused-ring (bicyclic) bond motifs is 3. The van der Waals surface area contributed by atoms with E-state index in [0.29, 0.717) is 24.1 Å². The maximum Gasteiger partial charge on any atom is 0.329 e. The Balaban J connectivity index is 1.62. The quantitative estimate of drug-likeness (QED) is 0.358. The van der Waals surface area contributed by atoms with Crippen molar-refractivity contribution >= 4 is 38.7 Å². The Morgan fingerprint density at radius 1 is 1.13 bits per heavy atom. The second-order valence-electron chi connectivity index (χ2n) is 9.43. The molecular formula is C27H27N3O7S. The molecule has 3 heterocycles. The number of methoxy groups -OCH3 is 1. The minimum absolute atomic E-state index is 0.0108. The summed E-state index contributed by atoms with van der Waals surface area (Å²) in [4.78, 5) is 45.5. The molecule has 3 aromatic rings. The normalized spacial score (nSPS) is 18.7. The van der Waals surface area contributed by atoms with Crippen molar-refractivity contribution in [1.82, 2.24) is 14.2 Å². The van der Waals surface area contributed by atoms with Gasteiger partial charge in [-0.1, -0.05) is 30.3 Å². The molecule has 198 valence electrons. The number of nitrogens with zero attached hydrogens (tertiary/aromatic N) is 3. The van der Waals surface area contributed by atoms with Gasteiger partial charge in [0.1, 0.15) is 6.04 Å². The summed E-state index contributed by atoms with van der Waals surface area (Å²) >= 11 is 0. The Morgan fingerprint density at radius 3 is 2.53 bits per heavy atom. The van der Waals surface area contributed by atoms with E-state index in [2.05, 4.69) is 4.98 Å². The van der Waals surface area contributed by atoms with Gasteiger partial charge in [0.25, 0.3) is 11.8 Å². The average Bonchev–Trinajstić information content (AvgIpc) is 3.51. The van der Waals surface area contributed by atoms with Gasteiger partial charge in [-0.2, -0.15) is 4.31 Å². The first-order valence-electron chi connectivity index (χ1n) is 12.3. The van der Waals surface area contributed by atoms with E-state index in [9.17, 15) is 27.9 Å². The minimum atomic E-state index is -3.98. The SMILES string of the molecule is COC(=O)[C@H](Cc1ccccc1)N1C(=O)c2c(C)nc3ccc(S(=O)(=O)N4CCC[C@@H]4CO)cc3c2C1=O. The summed E-state index contributed by atoms with van der Waals surface area (Å²) in [6.45, 7) is 1.58. The largest absolute Gasteiger partial charge is 0.467 e. The number of ether oxygens (including phenoxy) is 1. The van der Waals surface area contributed by atoms with Crippen molar-refractivity contribution < 1.29 is 32.6 Å². The van der Waals surface area contributed by atoms with Crippen LogP contribution in [0.1, 0.15) is 44.8 Å². The number of carbonyl (C=O) groups excluding carboxylic acids is 3. The molecule has 10 nitrogen and oxygen atoms in total. The lowest BCUT2D eigenvalue weighted by molar-refractivity contribution is -0.145. The number of benzene rings is 2. The van der Waals surface area contributed by atoms with Crippen LogP contribution in [0.25, 0.3) is 10.9 Å². The molecule has 2 aliphatic heterocycles. The third kappa shape index (κ3) is 4.16. The van der Waals surface area contributed by atoms with Gasteiger partial charge in [0.15, 0.2) is 0 Å². The van der Waals surface area contributed by atoms with Crippen LogP contribution in [-0.2, 0) is 26.0 Å². The number of rotatable bonds is 7. The summed E-state index contributed by atoms with van der Waals surface area (Å²) in [7, 11) is -2.79. The molecule has 0 unspecified atom stereocenters. The predicted octanol–water partition coefficient (Wildman–Crippen LogP) is 2.07. The van der Waals surface area contributed by atoms with E-state index in [1.54, 1.807) is 31.2 Å². The van der Waals surface area contributed by atoms with Crippen LogP contribution in [-0.4, -0.2) is 77.8 Å². The highest BCUT2D eigenvalue weighted by Crippen LogP contribution is 2.35. The predicted molar refractivity (Wildman–Crippen MR) is 137 cm³/mol. The average molecular weight is 538 g/mol. The van der Waals surface area contributed by atoms with Crippen LogP contribution < -0.4 is 0 Å². The van der Waals surface area contributed by atoms with Crippen molar-refractivity contribution in [2.75, 3.05) is 20.3 Å². The van der Waals surface area contributed by atoms with Gasteiger partial charge in [-0.05, 0) is 43.5 Å². The topological polar surface area (TPSA) is 134 Å². The van der Waals surface area contributed by atoms with Gasteiger partial charge in [0, 0.05) is 24.4 Å². The van der Waals surface area contributed by atoms with E-state index in [-0.39, 0.29) is 41.0 Å². The summed E-state index contributed by atoms with van der Waals surface area (Å²) < 4.78 is 33.1. The molecule has 0 radical (unpaired) electrons. The molecule has 0 aliphatic carbocycles. The maximum atomic E-state index is 13.8. The van der Waals surface area contributed by atoms with E-state index < -0.39 is 39.9 Å². The first kappa shape index (κ1) is 26.0. The molecule has 1 N–H and O–H groups in total. The Hall–Kier alpha value is -3.67. The first-order chi connectivity index (χ1) is 18.2. The van der Waals surface area contributed by atoms with Crippen LogP contribution in [0.5, 0.6) is 0 Å². The lowest BCUT2D eigenvalue weighted by atomic mass is 10.0. The Kier molecular flexibility index (Phi) is 6.76. The number of amides is 2. The number of imide groups is 1. The van der Waals surface area contributed by atoms with Gasteiger partial charge < -0.3 is 9.84 Å². The number of carbonyl (C=O) groups is 3. The molecule has 2 atom stereocenters. The molecule has 2 amide bonds. The third-order valence-corrected chi connectivity index (χ3v) is 9.15. The zero-order valence-corrected chi connectivity index (χ0v) is 21.8. The summed E-state index contributed by atoms with van der Waals surface area (Å²) in [6, 6.07) is 11.5. The summed E-state index contributed by atoms with van der Waals surface area (Å²) in [5.41, 5.74) is 1.43. The van der Waals surface area contributed by atoms with Crippen molar-refractivity contribution in [2.24, 2.45) is 0 Å². The van der Waals surface area contributed by atoms with E-state index in [0.717, 1.165) is 10.5 Å². The number of esters is 1. The van der Waals surface area contributed by atoms with E-state index in [1.165, 1.54) is 29.6 Å². The number of hydrogen-bond acceptors (Lipinski definition) is 8. The van der Waals surface area contributed by atoms with Crippen LogP contribution in [0, 0.1) is 6.92 Å². The van der Waals surface area contributed by atoms with E-state index in [4.69, 9.17) is 4.74 Å². The number of hydrogen-bond donors (Lipinski definition) is 1. The fraction of sp³-hybridized carbons (Fsp3) is 0.333. The number of aliphatic hydroxyl groups excluding tert-OH is 1. The van der Waals surface area contributed by atoms with Crippen LogP contribution in [0.3, 0.4) is 0 Å². The van der Waals surface area contributed by atoms with Crippen LogP contribution in [0.2, 0.25) is 0 Å². The number of aliphatic hydroxyl groups is 1. The molecule has 2 aromatic carbocycles. The molecule has 1 saturated heterocycles. The van der Waals surface area contributed by atoms with Gasteiger partial charge in [0.05, 0.1) is 40.9 Å². The standard InChI is InChI=1S/C27H27N3O7S/c1-16-23-24(26(33)30(25(23)32)22(27(34)37-2)13-17-7-4-3-5-8-17)20-14-19(10-11-21(20)28-16)38(35,36)29-12-6-9-18(29)15-31/h3-5,7-8,10-11,14,18,22,31H,6,9,12-13,15H2,1-2H3/t18-,22+/m1/s1. The second-order valence-corrected chi connectivity index (χ2v) is 11.3. The molecule has 0 spiro atoms. The van der Waals surface area contributed by atoms with Gasteiger partial charge in [-0.15, -0.1) is 0 Å². The molecular weight excluding hydrogens is 510 g/mol. The molecule has 2 aliphatic rings. The first-order valence-corrected chi connectivity index (χ1v) is 13.7. The van der Waals surface area contributed by atoms with Gasteiger partial charge in [0.2, 0.25) is 10.0 Å². The Morgan fingerprint density at radius 2 is 1.84 bits per heavy atom. The fourth-order valence-electron chi connectivity index (χ4n) is 5.32. The molecule has 1 aromatic heterocycles. The van der Waals surface area contributed by atoms with Crippen LogP contribution in [0.15, 0.2) is 53.4 Å². The summed E-state index contributed by atoms with van der Waals surface area (Å²) in [6.07, 6.45) is 1.24. The van der Waals surface area contributed by atoms with Gasteiger partial charge >= 0.3 is 5.97 Å². The molecule has 5 rings (SSSR count). The smallest absolute Gasteiger partial charge is 0.329 e. The van der Waals surface area contributed by atoms with E-state index >= 15 is 0 Å². The highest BCUT2D eigenvalue weighted by Gasteiger charge is 2.46. The van der Waals surface area contributed by atoms with Crippen molar-refractivity contribution in [1.29, 1.82) is 0 Å². The van der Waals surface area contributed by atoms with Gasteiger partial charge in [-0.3, -0.25) is 19.5 Å². The fourth-order valence-corrected chi connectivity index (χ4v) is 7.03. The lowest BCUT2D eigenvalue weighted by Gasteiger charge is -2.24. The zero-order chi connectivity index (χ0) is 27.2. The monoisotopic (exact) mass is 537 g/mol. The molecule has 0 bridgehead atoms. The number of pyridine rings is 1. The lowest BCUT2D eigenvalue weighted by Crippen LogP contribution is -2.46. The number of aromatic nitrogens is 1. The molecule has 11 heteroatoms. The molecule has 0 saturated carbocycles. The van der Waals surface area contributed by atoms with Crippen molar-refractivity contribution in [3.05, 3.63) is 70.9 Å². The highest BCUT2D eigenvalue weighted by atomic mass is 32.2. The Labute approximate surface area is 219 Å². The van der Waals surface area contributed by atoms with Crippen molar-refractivity contribution in [2.45, 2.75) is 43.2 Å². The minimum Gasteiger partial charge on any atom is -0.467 e. The van der Waals surface area contributed by atoms with E-state index in [1.807, 2.05) is 6.07 Å². The summed E-state index contributed by atoms with van der Waals surface area (Å²) in [5.74, 6) is -2.14. The van der Waals surface area contributed by atoms with Crippen molar-refractivity contribution in [3.63, 3.8) is 0 Å². The summed E-state index contributed by atoms with van der Waals surface area (Å²) in [5, 5.41) is 9.85. The zero-order valence-electron chi connectivity index (χ0n) is 21.0. The van der Waals surface area contributed by atoms with Crippen LogP contribution in [0.4, 0.5) is 0 Å². The number of sulfonamides is 1.